The average molecular weight is 515 g/mol. The van der Waals surface area contributed by atoms with E-state index in [2.05, 4.69) is 6.92 Å². The summed E-state index contributed by atoms with van der Waals surface area (Å²) in [6.45, 7) is 2.83. The fourth-order valence-corrected chi connectivity index (χ4v) is 7.21. The molecule has 6 heteroatoms. The van der Waals surface area contributed by atoms with Gasteiger partial charge in [-0.15, -0.1) is 0 Å². The lowest BCUT2D eigenvalue weighted by molar-refractivity contribution is -0.106. The van der Waals surface area contributed by atoms with Crippen LogP contribution in [0.5, 0.6) is 5.75 Å². The number of halogens is 4. The predicted octanol–water partition coefficient (Wildman–Crippen LogP) is 9.08. The Balaban J connectivity index is 0.00000361. The summed E-state index contributed by atoms with van der Waals surface area (Å²) < 4.78 is 55.2. The van der Waals surface area contributed by atoms with Gasteiger partial charge in [0.1, 0.15) is 0 Å². The number of hydrogen-bond donors (Lipinski definition) is 0. The van der Waals surface area contributed by atoms with E-state index in [1.165, 1.54) is 20.0 Å². The number of alkyl halides is 2. The summed E-state index contributed by atoms with van der Waals surface area (Å²) in [4.78, 5) is 0. The molecule has 0 heterocycles. The zero-order valence-electron chi connectivity index (χ0n) is 22.2. The predicted molar refractivity (Wildman–Crippen MR) is 137 cm³/mol. The molecule has 0 aromatic heterocycles. The summed E-state index contributed by atoms with van der Waals surface area (Å²) in [5, 5.41) is 0. The monoisotopic (exact) mass is 514 g/mol. The van der Waals surface area contributed by atoms with Crippen molar-refractivity contribution in [2.45, 2.75) is 115 Å². The molecule has 3 saturated carbocycles. The third-order valence-corrected chi connectivity index (χ3v) is 9.37. The first kappa shape index (κ1) is 29.3. The van der Waals surface area contributed by atoms with Crippen LogP contribution in [0.2, 0.25) is 0 Å². The molecule has 0 atom stereocenters. The summed E-state index contributed by atoms with van der Waals surface area (Å²) in [7, 11) is 1.49. The average Bonchev–Trinajstić information content (AvgIpc) is 2.88. The lowest BCUT2D eigenvalue weighted by Crippen LogP contribution is -2.36. The van der Waals surface area contributed by atoms with Gasteiger partial charge in [0, 0.05) is 18.9 Å². The Morgan fingerprint density at radius 3 is 2.03 bits per heavy atom. The molecule has 36 heavy (non-hydrogen) atoms. The maximum Gasteiger partial charge on any atom is 0.251 e. The van der Waals surface area contributed by atoms with Gasteiger partial charge in [-0.1, -0.05) is 13.0 Å². The molecular weight excluding hydrogens is 468 g/mol. The minimum atomic E-state index is -2.53. The third-order valence-electron chi connectivity index (χ3n) is 9.37. The van der Waals surface area contributed by atoms with Gasteiger partial charge in [-0.2, -0.15) is 0 Å². The minimum Gasteiger partial charge on any atom is -0.494 e. The van der Waals surface area contributed by atoms with E-state index in [1.54, 1.807) is 12.1 Å². The molecule has 4 rings (SSSR count). The number of benzene rings is 1. The molecule has 0 unspecified atom stereocenters. The Morgan fingerprint density at radius 2 is 1.47 bits per heavy atom. The second kappa shape index (κ2) is 13.5. The van der Waals surface area contributed by atoms with Gasteiger partial charge in [-0.25, -0.2) is 13.2 Å². The van der Waals surface area contributed by atoms with Gasteiger partial charge in [0.15, 0.2) is 11.6 Å². The van der Waals surface area contributed by atoms with E-state index in [0.29, 0.717) is 36.3 Å². The summed E-state index contributed by atoms with van der Waals surface area (Å²) in [5.74, 6) is -0.982. The smallest absolute Gasteiger partial charge is 0.251 e. The first-order chi connectivity index (χ1) is 16.9. The van der Waals surface area contributed by atoms with E-state index in [-0.39, 0.29) is 29.0 Å². The maximum absolute atomic E-state index is 15.1. The van der Waals surface area contributed by atoms with E-state index in [9.17, 15) is 4.39 Å². The molecule has 0 radical (unpaired) electrons. The van der Waals surface area contributed by atoms with Crippen LogP contribution in [-0.2, 0) is 4.74 Å². The van der Waals surface area contributed by atoms with E-state index < -0.39 is 11.8 Å². The summed E-state index contributed by atoms with van der Waals surface area (Å²) >= 11 is 0. The van der Waals surface area contributed by atoms with Crippen molar-refractivity contribution >= 4 is 0 Å². The molecule has 1 aromatic rings. The van der Waals surface area contributed by atoms with Crippen LogP contribution >= 0.6 is 0 Å². The lowest BCUT2D eigenvalue weighted by atomic mass is 9.67. The zero-order chi connectivity index (χ0) is 24.8. The fourth-order valence-electron chi connectivity index (χ4n) is 7.21. The van der Waals surface area contributed by atoms with E-state index in [4.69, 9.17) is 9.47 Å². The second-order valence-corrected chi connectivity index (χ2v) is 11.6. The summed E-state index contributed by atoms with van der Waals surface area (Å²) in [5.41, 5.74) is 1.08. The highest BCUT2D eigenvalue weighted by Crippen LogP contribution is 2.48. The van der Waals surface area contributed by atoms with Crippen LogP contribution in [-0.4, -0.2) is 25.7 Å². The summed E-state index contributed by atoms with van der Waals surface area (Å²) in [6.07, 6.45) is 12.7. The molecule has 3 aliphatic rings. The van der Waals surface area contributed by atoms with Crippen molar-refractivity contribution in [2.24, 2.45) is 23.7 Å². The van der Waals surface area contributed by atoms with Crippen LogP contribution < -0.4 is 4.74 Å². The van der Waals surface area contributed by atoms with Crippen molar-refractivity contribution in [1.82, 2.24) is 0 Å². The number of hydrogen-bond acceptors (Lipinski definition) is 2. The first-order valence-corrected chi connectivity index (χ1v) is 14.2. The van der Waals surface area contributed by atoms with Gasteiger partial charge in [0.25, 0.3) is 5.92 Å². The molecule has 0 bridgehead atoms. The first-order valence-electron chi connectivity index (χ1n) is 14.2. The van der Waals surface area contributed by atoms with Crippen LogP contribution in [0.25, 0.3) is 0 Å². The normalized spacial score (nSPS) is 31.5. The number of methoxy groups -OCH3 is 1. The Hall–Kier alpha value is -1.30. The Labute approximate surface area is 215 Å². The van der Waals surface area contributed by atoms with Crippen LogP contribution in [0.15, 0.2) is 18.2 Å². The van der Waals surface area contributed by atoms with E-state index in [0.717, 1.165) is 70.0 Å². The largest absolute Gasteiger partial charge is 0.494 e. The SMILES string of the molecule is CCCOC1CCC(C(F)(F)CC2CCC(C3CCC(c4ccc(OC)c(F)c4)CC3)CC2)CC1.F. The standard InChI is InChI=1S/C30H45F3O2.FH/c1-3-18-35-27-15-13-26(14-16-27)30(32,33)20-21-4-6-22(7-5-21)23-8-10-24(11-9-23)25-12-17-29(34-2)28(31)19-25;/h12,17,19,21-24,26-27H,3-11,13-16,18,20H2,1-2H3;1H. The molecule has 0 amide bonds. The second-order valence-electron chi connectivity index (χ2n) is 11.6. The van der Waals surface area contributed by atoms with Crippen molar-refractivity contribution in [3.05, 3.63) is 29.6 Å². The molecule has 0 saturated heterocycles. The van der Waals surface area contributed by atoms with Gasteiger partial charge >= 0.3 is 0 Å². The quantitative estimate of drug-likeness (QED) is 0.306. The van der Waals surface area contributed by atoms with Gasteiger partial charge < -0.3 is 9.47 Å². The lowest BCUT2D eigenvalue weighted by Gasteiger charge is -2.40. The molecule has 3 fully saturated rings. The molecular formula is C30H46F4O2. The highest BCUT2D eigenvalue weighted by Gasteiger charge is 2.44. The molecule has 1 aromatic carbocycles. The van der Waals surface area contributed by atoms with Gasteiger partial charge in [0.2, 0.25) is 0 Å². The maximum atomic E-state index is 15.1. The highest BCUT2D eigenvalue weighted by molar-refractivity contribution is 5.31. The van der Waals surface area contributed by atoms with Crippen LogP contribution in [0.3, 0.4) is 0 Å². The van der Waals surface area contributed by atoms with Crippen molar-refractivity contribution in [3.8, 4) is 5.75 Å². The number of ether oxygens (including phenoxy) is 2. The molecule has 0 spiro atoms. The highest BCUT2D eigenvalue weighted by atomic mass is 19.3. The van der Waals surface area contributed by atoms with Crippen molar-refractivity contribution in [2.75, 3.05) is 13.7 Å². The van der Waals surface area contributed by atoms with Crippen LogP contribution in [0, 0.1) is 29.5 Å². The third kappa shape index (κ3) is 7.39. The van der Waals surface area contributed by atoms with Gasteiger partial charge in [0.05, 0.1) is 13.2 Å². The topological polar surface area (TPSA) is 18.5 Å². The summed E-state index contributed by atoms with van der Waals surface area (Å²) in [6, 6.07) is 5.38. The Kier molecular flexibility index (Phi) is 11.0. The van der Waals surface area contributed by atoms with Gasteiger partial charge in [-0.3, -0.25) is 4.70 Å². The van der Waals surface area contributed by atoms with Gasteiger partial charge in [-0.05, 0) is 125 Å². The Morgan fingerprint density at radius 1 is 0.861 bits per heavy atom. The van der Waals surface area contributed by atoms with Crippen molar-refractivity contribution in [3.63, 3.8) is 0 Å². The van der Waals surface area contributed by atoms with Crippen LogP contribution in [0.1, 0.15) is 108 Å². The Bertz CT molecular complexity index is 777. The fraction of sp³-hybridized carbons (Fsp3) is 0.800. The zero-order valence-corrected chi connectivity index (χ0v) is 22.2. The molecule has 3 aliphatic carbocycles. The van der Waals surface area contributed by atoms with Crippen molar-refractivity contribution in [1.29, 1.82) is 0 Å². The van der Waals surface area contributed by atoms with E-state index >= 15 is 8.78 Å². The molecule has 0 aliphatic heterocycles. The van der Waals surface area contributed by atoms with Crippen LogP contribution in [0.4, 0.5) is 17.9 Å². The molecule has 206 valence electrons. The molecule has 2 nitrogen and oxygen atoms in total. The minimum absolute atomic E-state index is 0. The number of rotatable bonds is 9. The van der Waals surface area contributed by atoms with Crippen molar-refractivity contribution < 1.29 is 27.3 Å². The van der Waals surface area contributed by atoms with E-state index in [1.807, 2.05) is 6.07 Å². The molecule has 0 N–H and O–H groups in total.